The van der Waals surface area contributed by atoms with E-state index in [1.54, 1.807) is 0 Å². The SMILES string of the molecule is Clc1ccc(COc2cc3ccccc3[nH]2)cc1. The van der Waals surface area contributed by atoms with Crippen LogP contribution in [-0.2, 0) is 6.61 Å². The molecule has 0 saturated heterocycles. The van der Waals surface area contributed by atoms with Crippen molar-refractivity contribution in [2.24, 2.45) is 0 Å². The summed E-state index contributed by atoms with van der Waals surface area (Å²) in [4.78, 5) is 3.23. The molecule has 1 aromatic heterocycles. The van der Waals surface area contributed by atoms with Crippen LogP contribution in [0.4, 0.5) is 0 Å². The molecular formula is C15H12ClNO. The van der Waals surface area contributed by atoms with Crippen LogP contribution < -0.4 is 4.74 Å². The van der Waals surface area contributed by atoms with Crippen molar-refractivity contribution in [3.05, 3.63) is 65.2 Å². The van der Waals surface area contributed by atoms with Gasteiger partial charge in [0, 0.05) is 22.0 Å². The lowest BCUT2D eigenvalue weighted by atomic mass is 10.2. The number of aromatic amines is 1. The predicted octanol–water partition coefficient (Wildman–Crippen LogP) is 4.40. The maximum Gasteiger partial charge on any atom is 0.192 e. The van der Waals surface area contributed by atoms with E-state index in [0.717, 1.165) is 27.4 Å². The van der Waals surface area contributed by atoms with Crippen molar-refractivity contribution in [1.29, 1.82) is 0 Å². The third-order valence-electron chi connectivity index (χ3n) is 2.81. The van der Waals surface area contributed by atoms with Crippen LogP contribution in [-0.4, -0.2) is 4.98 Å². The average Bonchev–Trinajstić information content (AvgIpc) is 2.81. The molecule has 2 aromatic carbocycles. The van der Waals surface area contributed by atoms with E-state index in [9.17, 15) is 0 Å². The number of para-hydroxylation sites is 1. The summed E-state index contributed by atoms with van der Waals surface area (Å²) in [6.07, 6.45) is 0. The summed E-state index contributed by atoms with van der Waals surface area (Å²) in [6, 6.07) is 17.8. The predicted molar refractivity (Wildman–Crippen MR) is 74.1 cm³/mol. The fraction of sp³-hybridized carbons (Fsp3) is 0.0667. The summed E-state index contributed by atoms with van der Waals surface area (Å²) >= 11 is 5.84. The molecule has 0 bridgehead atoms. The minimum absolute atomic E-state index is 0.532. The summed E-state index contributed by atoms with van der Waals surface area (Å²) in [5.74, 6) is 0.783. The van der Waals surface area contributed by atoms with E-state index in [0.29, 0.717) is 6.61 Å². The highest BCUT2D eigenvalue weighted by atomic mass is 35.5. The largest absolute Gasteiger partial charge is 0.474 e. The lowest BCUT2D eigenvalue weighted by Crippen LogP contribution is -1.94. The van der Waals surface area contributed by atoms with Gasteiger partial charge in [0.1, 0.15) is 6.61 Å². The zero-order chi connectivity index (χ0) is 12.4. The molecule has 0 fully saturated rings. The van der Waals surface area contributed by atoms with Gasteiger partial charge in [0.25, 0.3) is 0 Å². The normalized spacial score (nSPS) is 10.7. The van der Waals surface area contributed by atoms with Crippen molar-refractivity contribution in [1.82, 2.24) is 4.98 Å². The van der Waals surface area contributed by atoms with Gasteiger partial charge in [-0.1, -0.05) is 41.9 Å². The van der Waals surface area contributed by atoms with Gasteiger partial charge in [0.2, 0.25) is 0 Å². The molecule has 0 saturated carbocycles. The van der Waals surface area contributed by atoms with Gasteiger partial charge in [-0.05, 0) is 23.8 Å². The van der Waals surface area contributed by atoms with E-state index in [2.05, 4.69) is 11.1 Å². The van der Waals surface area contributed by atoms with Crippen molar-refractivity contribution >= 4 is 22.5 Å². The summed E-state index contributed by atoms with van der Waals surface area (Å²) in [7, 11) is 0. The maximum absolute atomic E-state index is 5.84. The highest BCUT2D eigenvalue weighted by molar-refractivity contribution is 6.30. The minimum atomic E-state index is 0.532. The molecule has 3 aromatic rings. The minimum Gasteiger partial charge on any atom is -0.474 e. The van der Waals surface area contributed by atoms with Crippen molar-refractivity contribution in [2.45, 2.75) is 6.61 Å². The molecular weight excluding hydrogens is 246 g/mol. The van der Waals surface area contributed by atoms with Crippen LogP contribution in [0.2, 0.25) is 5.02 Å². The molecule has 3 heteroatoms. The average molecular weight is 258 g/mol. The Labute approximate surface area is 110 Å². The first-order chi connectivity index (χ1) is 8.81. The lowest BCUT2D eigenvalue weighted by Gasteiger charge is -2.03. The smallest absolute Gasteiger partial charge is 0.192 e. The highest BCUT2D eigenvalue weighted by Crippen LogP contribution is 2.21. The second-order valence-electron chi connectivity index (χ2n) is 4.14. The first-order valence-electron chi connectivity index (χ1n) is 5.76. The van der Waals surface area contributed by atoms with Crippen molar-refractivity contribution in [3.8, 4) is 5.88 Å². The summed E-state index contributed by atoms with van der Waals surface area (Å²) in [5, 5.41) is 1.90. The van der Waals surface area contributed by atoms with Crippen LogP contribution in [0.5, 0.6) is 5.88 Å². The Kier molecular flexibility index (Phi) is 2.95. The number of fused-ring (bicyclic) bond motifs is 1. The van der Waals surface area contributed by atoms with Crippen LogP contribution >= 0.6 is 11.6 Å². The number of hydrogen-bond donors (Lipinski definition) is 1. The lowest BCUT2D eigenvalue weighted by molar-refractivity contribution is 0.296. The zero-order valence-corrected chi connectivity index (χ0v) is 10.4. The molecule has 18 heavy (non-hydrogen) atoms. The van der Waals surface area contributed by atoms with Gasteiger partial charge in [-0.2, -0.15) is 0 Å². The molecule has 0 amide bonds. The summed E-state index contributed by atoms with van der Waals surface area (Å²) in [5.41, 5.74) is 2.18. The molecule has 1 heterocycles. The topological polar surface area (TPSA) is 25.0 Å². The Hall–Kier alpha value is -1.93. The van der Waals surface area contributed by atoms with Gasteiger partial charge in [0.15, 0.2) is 5.88 Å². The Balaban J connectivity index is 1.74. The summed E-state index contributed by atoms with van der Waals surface area (Å²) < 4.78 is 5.72. The van der Waals surface area contributed by atoms with E-state index in [1.165, 1.54) is 0 Å². The second kappa shape index (κ2) is 4.75. The van der Waals surface area contributed by atoms with Crippen molar-refractivity contribution < 1.29 is 4.74 Å². The monoisotopic (exact) mass is 257 g/mol. The zero-order valence-electron chi connectivity index (χ0n) is 9.69. The number of halogens is 1. The van der Waals surface area contributed by atoms with Gasteiger partial charge in [-0.15, -0.1) is 0 Å². The number of rotatable bonds is 3. The quantitative estimate of drug-likeness (QED) is 0.739. The Morgan fingerprint density at radius 1 is 1.00 bits per heavy atom. The molecule has 0 atom stereocenters. The van der Waals surface area contributed by atoms with Gasteiger partial charge in [-0.3, -0.25) is 0 Å². The van der Waals surface area contributed by atoms with E-state index in [1.807, 2.05) is 48.5 Å². The van der Waals surface area contributed by atoms with Gasteiger partial charge < -0.3 is 9.72 Å². The Morgan fingerprint density at radius 2 is 1.78 bits per heavy atom. The first-order valence-corrected chi connectivity index (χ1v) is 6.14. The number of benzene rings is 2. The Morgan fingerprint density at radius 3 is 2.56 bits per heavy atom. The number of ether oxygens (including phenoxy) is 1. The van der Waals surface area contributed by atoms with Crippen LogP contribution in [0, 0.1) is 0 Å². The molecule has 0 unspecified atom stereocenters. The molecule has 3 rings (SSSR count). The number of H-pyrrole nitrogens is 1. The van der Waals surface area contributed by atoms with Crippen LogP contribution in [0.1, 0.15) is 5.56 Å². The van der Waals surface area contributed by atoms with E-state index in [-0.39, 0.29) is 0 Å². The molecule has 0 aliphatic heterocycles. The molecule has 0 aliphatic carbocycles. The molecule has 2 nitrogen and oxygen atoms in total. The Bertz CT molecular complexity index is 625. The number of aromatic nitrogens is 1. The molecule has 0 spiro atoms. The van der Waals surface area contributed by atoms with Crippen molar-refractivity contribution in [2.75, 3.05) is 0 Å². The van der Waals surface area contributed by atoms with Crippen LogP contribution in [0.15, 0.2) is 54.6 Å². The van der Waals surface area contributed by atoms with E-state index in [4.69, 9.17) is 16.3 Å². The molecule has 1 N–H and O–H groups in total. The molecule has 0 radical (unpaired) electrons. The molecule has 90 valence electrons. The van der Waals surface area contributed by atoms with Gasteiger partial charge in [-0.25, -0.2) is 0 Å². The maximum atomic E-state index is 5.84. The fourth-order valence-electron chi connectivity index (χ4n) is 1.87. The fourth-order valence-corrected chi connectivity index (χ4v) is 1.99. The van der Waals surface area contributed by atoms with Crippen LogP contribution in [0.25, 0.3) is 10.9 Å². The van der Waals surface area contributed by atoms with Crippen LogP contribution in [0.3, 0.4) is 0 Å². The molecule has 0 aliphatic rings. The highest BCUT2D eigenvalue weighted by Gasteiger charge is 2.01. The number of nitrogens with one attached hydrogen (secondary N) is 1. The second-order valence-corrected chi connectivity index (χ2v) is 4.57. The number of hydrogen-bond acceptors (Lipinski definition) is 1. The first kappa shape index (κ1) is 11.2. The third kappa shape index (κ3) is 2.34. The van der Waals surface area contributed by atoms with Crippen molar-refractivity contribution in [3.63, 3.8) is 0 Å². The van der Waals surface area contributed by atoms with Gasteiger partial charge in [0.05, 0.1) is 0 Å². The van der Waals surface area contributed by atoms with Gasteiger partial charge >= 0.3 is 0 Å². The van der Waals surface area contributed by atoms with E-state index >= 15 is 0 Å². The standard InChI is InChI=1S/C15H12ClNO/c16-13-7-5-11(6-8-13)10-18-15-9-12-3-1-2-4-14(12)17-15/h1-9,17H,10H2. The van der Waals surface area contributed by atoms with E-state index < -0.39 is 0 Å². The third-order valence-corrected chi connectivity index (χ3v) is 3.06. The summed E-state index contributed by atoms with van der Waals surface area (Å²) in [6.45, 7) is 0.532.